The average molecular weight is 378 g/mol. The van der Waals surface area contributed by atoms with Gasteiger partial charge in [-0.15, -0.1) is 0 Å². The van der Waals surface area contributed by atoms with Crippen molar-refractivity contribution in [2.45, 2.75) is 6.54 Å². The molecular formula is C12H8Br2F2N2. The van der Waals surface area contributed by atoms with Crippen molar-refractivity contribution < 1.29 is 8.78 Å². The van der Waals surface area contributed by atoms with Gasteiger partial charge >= 0.3 is 0 Å². The third-order valence-corrected chi connectivity index (χ3v) is 3.17. The second-order valence-corrected chi connectivity index (χ2v) is 5.40. The van der Waals surface area contributed by atoms with Crippen LogP contribution in [0.5, 0.6) is 0 Å². The topological polar surface area (TPSA) is 24.9 Å². The van der Waals surface area contributed by atoms with Crippen LogP contribution in [0.3, 0.4) is 0 Å². The van der Waals surface area contributed by atoms with E-state index < -0.39 is 11.6 Å². The molecule has 0 saturated carbocycles. The molecule has 0 bridgehead atoms. The van der Waals surface area contributed by atoms with Crippen LogP contribution >= 0.6 is 31.9 Å². The number of aromatic nitrogens is 1. The Balaban J connectivity index is 2.13. The molecule has 1 N–H and O–H groups in total. The van der Waals surface area contributed by atoms with Gasteiger partial charge < -0.3 is 5.32 Å². The third-order valence-electron chi connectivity index (χ3n) is 2.24. The SMILES string of the molecule is Fc1cc(Br)cc(F)c1NCc1ccc(Br)cn1. The Bertz CT molecular complexity index is 535. The maximum Gasteiger partial charge on any atom is 0.150 e. The van der Waals surface area contributed by atoms with Gasteiger partial charge in [0.25, 0.3) is 0 Å². The summed E-state index contributed by atoms with van der Waals surface area (Å²) in [7, 11) is 0. The molecule has 0 aliphatic heterocycles. The highest BCUT2D eigenvalue weighted by molar-refractivity contribution is 9.10. The van der Waals surface area contributed by atoms with Crippen LogP contribution in [-0.2, 0) is 6.54 Å². The second kappa shape index (κ2) is 5.75. The zero-order valence-electron chi connectivity index (χ0n) is 9.05. The van der Waals surface area contributed by atoms with Crippen LogP contribution in [0.15, 0.2) is 39.4 Å². The van der Waals surface area contributed by atoms with Crippen molar-refractivity contribution in [1.29, 1.82) is 0 Å². The molecule has 0 amide bonds. The lowest BCUT2D eigenvalue weighted by Gasteiger charge is -2.08. The molecule has 0 fully saturated rings. The predicted octanol–water partition coefficient (Wildman–Crippen LogP) is 4.50. The van der Waals surface area contributed by atoms with Crippen LogP contribution in [0.4, 0.5) is 14.5 Å². The molecule has 18 heavy (non-hydrogen) atoms. The average Bonchev–Trinajstić information content (AvgIpc) is 2.30. The molecule has 94 valence electrons. The minimum atomic E-state index is -0.640. The van der Waals surface area contributed by atoms with Gasteiger partial charge in [-0.3, -0.25) is 4.98 Å². The predicted molar refractivity (Wildman–Crippen MR) is 73.3 cm³/mol. The molecule has 0 spiro atoms. The van der Waals surface area contributed by atoms with E-state index in [1.807, 2.05) is 6.07 Å². The highest BCUT2D eigenvalue weighted by atomic mass is 79.9. The molecule has 1 aromatic heterocycles. The van der Waals surface area contributed by atoms with Gasteiger partial charge in [-0.1, -0.05) is 15.9 Å². The van der Waals surface area contributed by atoms with Crippen molar-refractivity contribution in [3.05, 3.63) is 56.7 Å². The molecule has 0 radical (unpaired) electrons. The van der Waals surface area contributed by atoms with E-state index in [4.69, 9.17) is 0 Å². The van der Waals surface area contributed by atoms with E-state index in [1.54, 1.807) is 12.3 Å². The maximum absolute atomic E-state index is 13.5. The molecule has 6 heteroatoms. The molecule has 2 nitrogen and oxygen atoms in total. The molecule has 2 rings (SSSR count). The number of halogens is 4. The van der Waals surface area contributed by atoms with Crippen LogP contribution in [0.25, 0.3) is 0 Å². The van der Waals surface area contributed by atoms with Gasteiger partial charge in [0.2, 0.25) is 0 Å². The number of pyridine rings is 1. The molecule has 0 unspecified atom stereocenters. The zero-order valence-corrected chi connectivity index (χ0v) is 12.2. The van der Waals surface area contributed by atoms with Crippen LogP contribution < -0.4 is 5.32 Å². The van der Waals surface area contributed by atoms with Crippen LogP contribution in [0, 0.1) is 11.6 Å². The Morgan fingerprint density at radius 1 is 1.06 bits per heavy atom. The van der Waals surface area contributed by atoms with E-state index in [9.17, 15) is 8.78 Å². The zero-order chi connectivity index (χ0) is 13.1. The van der Waals surface area contributed by atoms with Gasteiger partial charge in [-0.25, -0.2) is 8.78 Å². The summed E-state index contributed by atoms with van der Waals surface area (Å²) >= 11 is 6.29. The van der Waals surface area contributed by atoms with Crippen LogP contribution in [0.1, 0.15) is 5.69 Å². The van der Waals surface area contributed by atoms with Crippen molar-refractivity contribution in [1.82, 2.24) is 4.98 Å². The largest absolute Gasteiger partial charge is 0.375 e. The fraction of sp³-hybridized carbons (Fsp3) is 0.0833. The van der Waals surface area contributed by atoms with Gasteiger partial charge in [0.15, 0.2) is 0 Å². The van der Waals surface area contributed by atoms with E-state index >= 15 is 0 Å². The minimum Gasteiger partial charge on any atom is -0.375 e. The Morgan fingerprint density at radius 3 is 2.28 bits per heavy atom. The molecule has 0 saturated heterocycles. The van der Waals surface area contributed by atoms with Gasteiger partial charge in [-0.2, -0.15) is 0 Å². The minimum absolute atomic E-state index is 0.150. The Morgan fingerprint density at radius 2 is 1.72 bits per heavy atom. The summed E-state index contributed by atoms with van der Waals surface area (Å²) in [6.45, 7) is 0.253. The van der Waals surface area contributed by atoms with E-state index in [0.29, 0.717) is 10.2 Å². The Kier molecular flexibility index (Phi) is 4.29. The molecule has 0 atom stereocenters. The van der Waals surface area contributed by atoms with Gasteiger partial charge in [0, 0.05) is 15.1 Å². The first-order chi connectivity index (χ1) is 8.56. The molecule has 0 aliphatic carbocycles. The molecule has 1 aromatic carbocycles. The van der Waals surface area contributed by atoms with Crippen molar-refractivity contribution >= 4 is 37.5 Å². The van der Waals surface area contributed by atoms with Gasteiger partial charge in [0.05, 0.1) is 12.2 Å². The van der Waals surface area contributed by atoms with Crippen molar-refractivity contribution in [2.75, 3.05) is 5.32 Å². The van der Waals surface area contributed by atoms with Crippen LogP contribution in [0.2, 0.25) is 0 Å². The number of rotatable bonds is 3. The van der Waals surface area contributed by atoms with Crippen molar-refractivity contribution in [3.63, 3.8) is 0 Å². The normalized spacial score (nSPS) is 10.4. The summed E-state index contributed by atoms with van der Waals surface area (Å²) < 4.78 is 28.3. The maximum atomic E-state index is 13.5. The molecular weight excluding hydrogens is 370 g/mol. The number of hydrogen-bond donors (Lipinski definition) is 1. The lowest BCUT2D eigenvalue weighted by molar-refractivity contribution is 0.586. The number of hydrogen-bond acceptors (Lipinski definition) is 2. The summed E-state index contributed by atoms with van der Waals surface area (Å²) in [4.78, 5) is 4.11. The first kappa shape index (κ1) is 13.4. The monoisotopic (exact) mass is 376 g/mol. The number of nitrogens with zero attached hydrogens (tertiary/aromatic N) is 1. The summed E-state index contributed by atoms with van der Waals surface area (Å²) in [6.07, 6.45) is 1.63. The molecule has 0 aliphatic rings. The Labute approximate surface area is 120 Å². The fourth-order valence-corrected chi connectivity index (χ4v) is 2.04. The number of benzene rings is 1. The number of anilines is 1. The fourth-order valence-electron chi connectivity index (χ4n) is 1.40. The lowest BCUT2D eigenvalue weighted by Crippen LogP contribution is -2.05. The smallest absolute Gasteiger partial charge is 0.150 e. The highest BCUT2D eigenvalue weighted by Gasteiger charge is 2.10. The first-order valence-corrected chi connectivity index (χ1v) is 6.63. The van der Waals surface area contributed by atoms with Gasteiger partial charge in [0.1, 0.15) is 17.3 Å². The van der Waals surface area contributed by atoms with Crippen molar-refractivity contribution in [2.24, 2.45) is 0 Å². The first-order valence-electron chi connectivity index (χ1n) is 5.05. The summed E-state index contributed by atoms with van der Waals surface area (Å²) in [6, 6.07) is 6.00. The van der Waals surface area contributed by atoms with E-state index in [2.05, 4.69) is 42.2 Å². The quantitative estimate of drug-likeness (QED) is 0.851. The molecule has 1 heterocycles. The van der Waals surface area contributed by atoms with E-state index in [1.165, 1.54) is 12.1 Å². The van der Waals surface area contributed by atoms with Crippen LogP contribution in [-0.4, -0.2) is 4.98 Å². The second-order valence-electron chi connectivity index (χ2n) is 3.57. The summed E-state index contributed by atoms with van der Waals surface area (Å²) in [5.74, 6) is -1.28. The third kappa shape index (κ3) is 3.26. The van der Waals surface area contributed by atoms with E-state index in [-0.39, 0.29) is 12.2 Å². The Hall–Kier alpha value is -1.01. The van der Waals surface area contributed by atoms with Gasteiger partial charge in [-0.05, 0) is 40.2 Å². The molecule has 2 aromatic rings. The standard InChI is InChI=1S/C12H8Br2F2N2/c13-7-1-2-9(17-5-7)6-18-12-10(15)3-8(14)4-11(12)16/h1-5,18H,6H2. The lowest BCUT2D eigenvalue weighted by atomic mass is 10.2. The highest BCUT2D eigenvalue weighted by Crippen LogP contribution is 2.24. The van der Waals surface area contributed by atoms with E-state index in [0.717, 1.165) is 4.47 Å². The summed E-state index contributed by atoms with van der Waals surface area (Å²) in [5, 5.41) is 2.70. The number of nitrogens with one attached hydrogen (secondary N) is 1. The van der Waals surface area contributed by atoms with Crippen molar-refractivity contribution in [3.8, 4) is 0 Å². The summed E-state index contributed by atoms with van der Waals surface area (Å²) in [5.41, 5.74) is 0.544.